The summed E-state index contributed by atoms with van der Waals surface area (Å²) < 4.78 is 37.3. The van der Waals surface area contributed by atoms with Gasteiger partial charge in [0.05, 0.1) is 5.92 Å². The Balaban J connectivity index is 3.78. The maximum atomic E-state index is 12.4. The van der Waals surface area contributed by atoms with E-state index in [1.54, 1.807) is 11.8 Å². The van der Waals surface area contributed by atoms with E-state index in [9.17, 15) is 13.2 Å². The van der Waals surface area contributed by atoms with Gasteiger partial charge in [-0.05, 0) is 25.5 Å². The summed E-state index contributed by atoms with van der Waals surface area (Å²) in [5.41, 5.74) is 10.6. The van der Waals surface area contributed by atoms with Crippen molar-refractivity contribution in [2.75, 3.05) is 11.6 Å². The predicted molar refractivity (Wildman–Crippen MR) is 58.6 cm³/mol. The second-order valence-electron chi connectivity index (χ2n) is 3.58. The lowest BCUT2D eigenvalue weighted by atomic mass is 9.95. The molecule has 0 spiro atoms. The molecule has 0 radical (unpaired) electrons. The molecule has 0 aromatic rings. The molecule has 0 amide bonds. The van der Waals surface area contributed by atoms with E-state index in [1.165, 1.54) is 6.92 Å². The van der Waals surface area contributed by atoms with E-state index in [2.05, 4.69) is 0 Å². The minimum atomic E-state index is -4.17. The number of thioether (sulfide) groups is 1. The first-order valence-corrected chi connectivity index (χ1v) is 6.15. The first kappa shape index (κ1) is 15.1. The van der Waals surface area contributed by atoms with Gasteiger partial charge in [-0.2, -0.15) is 13.2 Å². The van der Waals surface area contributed by atoms with Crippen LogP contribution in [0, 0.1) is 5.92 Å². The van der Waals surface area contributed by atoms with Gasteiger partial charge >= 0.3 is 6.18 Å². The molecule has 0 aliphatic heterocycles. The van der Waals surface area contributed by atoms with Crippen molar-refractivity contribution in [3.8, 4) is 0 Å². The lowest BCUT2D eigenvalue weighted by Gasteiger charge is -2.23. The zero-order chi connectivity index (χ0) is 11.9. The lowest BCUT2D eigenvalue weighted by molar-refractivity contribution is -0.180. The molecule has 0 fully saturated rings. The summed E-state index contributed by atoms with van der Waals surface area (Å²) in [5.74, 6) is -0.0314. The molecule has 0 heterocycles. The summed E-state index contributed by atoms with van der Waals surface area (Å²) in [5, 5.41) is 0. The van der Waals surface area contributed by atoms with Crippen molar-refractivity contribution in [1.82, 2.24) is 0 Å². The molecule has 2 nitrogen and oxygen atoms in total. The van der Waals surface area contributed by atoms with Crippen molar-refractivity contribution in [3.63, 3.8) is 0 Å². The fourth-order valence-electron chi connectivity index (χ4n) is 1.38. The Morgan fingerprint density at radius 3 is 2.27 bits per heavy atom. The molecule has 0 bridgehead atoms. The van der Waals surface area contributed by atoms with Crippen LogP contribution in [-0.4, -0.2) is 23.8 Å². The van der Waals surface area contributed by atoms with Crippen LogP contribution < -0.4 is 11.5 Å². The average molecular weight is 244 g/mol. The Kier molecular flexibility index (Phi) is 7.38. The van der Waals surface area contributed by atoms with E-state index < -0.39 is 18.1 Å². The van der Waals surface area contributed by atoms with Crippen LogP contribution in [0.4, 0.5) is 13.2 Å². The van der Waals surface area contributed by atoms with Gasteiger partial charge in [-0.1, -0.05) is 6.42 Å². The number of rotatable bonds is 7. The SMILES string of the molecule is CC(N)C(CCCCSCN)C(F)(F)F. The fourth-order valence-corrected chi connectivity index (χ4v) is 1.95. The molecule has 0 aliphatic carbocycles. The minimum Gasteiger partial charge on any atom is -0.327 e. The standard InChI is InChI=1S/C9H19F3N2S/c1-7(14)8(9(10,11)12)4-2-3-5-15-6-13/h7-8H,2-6,13-14H2,1H3. The van der Waals surface area contributed by atoms with E-state index in [1.807, 2.05) is 0 Å². The van der Waals surface area contributed by atoms with Gasteiger partial charge in [-0.25, -0.2) is 0 Å². The molecule has 0 saturated carbocycles. The molecule has 0 aromatic heterocycles. The second-order valence-corrected chi connectivity index (χ2v) is 4.73. The van der Waals surface area contributed by atoms with Crippen molar-refractivity contribution in [1.29, 1.82) is 0 Å². The maximum absolute atomic E-state index is 12.4. The van der Waals surface area contributed by atoms with Crippen molar-refractivity contribution in [2.45, 2.75) is 38.4 Å². The van der Waals surface area contributed by atoms with Gasteiger partial charge < -0.3 is 11.5 Å². The molecule has 0 rings (SSSR count). The van der Waals surface area contributed by atoms with Crippen LogP contribution in [0.1, 0.15) is 26.2 Å². The Hall–Kier alpha value is 0.0600. The number of alkyl halides is 3. The van der Waals surface area contributed by atoms with Crippen LogP contribution >= 0.6 is 11.8 Å². The summed E-state index contributed by atoms with van der Waals surface area (Å²) in [4.78, 5) is 0. The van der Waals surface area contributed by atoms with Crippen LogP contribution in [-0.2, 0) is 0 Å². The van der Waals surface area contributed by atoms with Gasteiger partial charge in [-0.3, -0.25) is 0 Å². The van der Waals surface area contributed by atoms with E-state index in [0.29, 0.717) is 12.3 Å². The van der Waals surface area contributed by atoms with Crippen LogP contribution in [0.2, 0.25) is 0 Å². The Morgan fingerprint density at radius 2 is 1.87 bits per heavy atom. The van der Waals surface area contributed by atoms with Gasteiger partial charge in [0.1, 0.15) is 0 Å². The molecule has 0 aromatic carbocycles. The van der Waals surface area contributed by atoms with Crippen LogP contribution in [0.25, 0.3) is 0 Å². The van der Waals surface area contributed by atoms with Crippen molar-refractivity contribution in [2.24, 2.45) is 17.4 Å². The van der Waals surface area contributed by atoms with Gasteiger partial charge in [0.25, 0.3) is 0 Å². The lowest BCUT2D eigenvalue weighted by Crippen LogP contribution is -2.37. The van der Waals surface area contributed by atoms with Gasteiger partial charge in [0, 0.05) is 11.9 Å². The van der Waals surface area contributed by atoms with Gasteiger partial charge in [0.15, 0.2) is 0 Å². The third-order valence-electron chi connectivity index (χ3n) is 2.23. The molecule has 92 valence electrons. The van der Waals surface area contributed by atoms with Crippen LogP contribution in [0.5, 0.6) is 0 Å². The van der Waals surface area contributed by atoms with Crippen molar-refractivity contribution < 1.29 is 13.2 Å². The Labute approximate surface area is 93.0 Å². The maximum Gasteiger partial charge on any atom is 0.393 e. The predicted octanol–water partition coefficient (Wildman–Crippen LogP) is 2.33. The third kappa shape index (κ3) is 7.03. The van der Waals surface area contributed by atoms with Gasteiger partial charge in [-0.15, -0.1) is 11.8 Å². The minimum absolute atomic E-state index is 0.117. The number of halogens is 3. The summed E-state index contributed by atoms with van der Waals surface area (Å²) in [6, 6.07) is -0.827. The highest BCUT2D eigenvalue weighted by Gasteiger charge is 2.41. The molecule has 0 aliphatic rings. The summed E-state index contributed by atoms with van der Waals surface area (Å²) >= 11 is 1.54. The van der Waals surface area contributed by atoms with E-state index in [4.69, 9.17) is 11.5 Å². The Morgan fingerprint density at radius 1 is 1.27 bits per heavy atom. The highest BCUT2D eigenvalue weighted by Crippen LogP contribution is 2.32. The second kappa shape index (κ2) is 7.35. The molecule has 15 heavy (non-hydrogen) atoms. The molecular formula is C9H19F3N2S. The number of hydrogen-bond acceptors (Lipinski definition) is 3. The fraction of sp³-hybridized carbons (Fsp3) is 1.00. The van der Waals surface area contributed by atoms with E-state index in [-0.39, 0.29) is 6.42 Å². The Bertz CT molecular complexity index is 162. The molecule has 4 N–H and O–H groups in total. The van der Waals surface area contributed by atoms with E-state index in [0.717, 1.165) is 12.2 Å². The monoisotopic (exact) mass is 244 g/mol. The number of hydrogen-bond donors (Lipinski definition) is 2. The zero-order valence-corrected chi connectivity index (χ0v) is 9.70. The number of nitrogens with two attached hydrogens (primary N) is 2. The summed E-state index contributed by atoms with van der Waals surface area (Å²) in [7, 11) is 0. The molecule has 6 heteroatoms. The van der Waals surface area contributed by atoms with Gasteiger partial charge in [0.2, 0.25) is 0 Å². The molecule has 2 atom stereocenters. The summed E-state index contributed by atoms with van der Waals surface area (Å²) in [6.45, 7) is 1.41. The normalized spacial score (nSPS) is 16.4. The highest BCUT2D eigenvalue weighted by molar-refractivity contribution is 7.99. The largest absolute Gasteiger partial charge is 0.393 e. The first-order valence-electron chi connectivity index (χ1n) is 4.99. The highest BCUT2D eigenvalue weighted by atomic mass is 32.2. The summed E-state index contributed by atoms with van der Waals surface area (Å²) in [6.07, 6.45) is -2.73. The molecular weight excluding hydrogens is 225 g/mol. The smallest absolute Gasteiger partial charge is 0.327 e. The number of unbranched alkanes of at least 4 members (excludes halogenated alkanes) is 1. The van der Waals surface area contributed by atoms with Crippen molar-refractivity contribution >= 4 is 11.8 Å². The molecule has 2 unspecified atom stereocenters. The average Bonchev–Trinajstić information content (AvgIpc) is 2.08. The van der Waals surface area contributed by atoms with Crippen LogP contribution in [0.3, 0.4) is 0 Å². The van der Waals surface area contributed by atoms with Crippen LogP contribution in [0.15, 0.2) is 0 Å². The van der Waals surface area contributed by atoms with Crippen molar-refractivity contribution in [3.05, 3.63) is 0 Å². The zero-order valence-electron chi connectivity index (χ0n) is 8.89. The topological polar surface area (TPSA) is 52.0 Å². The third-order valence-corrected chi connectivity index (χ3v) is 3.04. The van der Waals surface area contributed by atoms with E-state index >= 15 is 0 Å². The first-order chi connectivity index (χ1) is 6.89. The quantitative estimate of drug-likeness (QED) is 0.534. The molecule has 0 saturated heterocycles.